The monoisotopic (exact) mass is 195 g/mol. The second-order valence-electron chi connectivity index (χ2n) is 3.19. The Morgan fingerprint density at radius 2 is 2.00 bits per heavy atom. The minimum atomic E-state index is -0.297. The molecule has 0 aliphatic rings. The van der Waals surface area contributed by atoms with Crippen LogP contribution in [0.4, 0.5) is 0 Å². The van der Waals surface area contributed by atoms with Gasteiger partial charge in [-0.25, -0.2) is 0 Å². The first-order valence-corrected chi connectivity index (χ1v) is 4.39. The molecular formula is C10H13NO3. The fraction of sp³-hybridized carbons (Fsp3) is 0.400. The number of hydrogen-bond donors (Lipinski definition) is 0. The van der Waals surface area contributed by atoms with Crippen LogP contribution in [0.25, 0.3) is 0 Å². The zero-order chi connectivity index (χ0) is 10.6. The maximum Gasteiger partial charge on any atom is 0.210 e. The van der Waals surface area contributed by atoms with Crippen LogP contribution in [0.1, 0.15) is 18.4 Å². The van der Waals surface area contributed by atoms with Crippen LogP contribution in [0.3, 0.4) is 0 Å². The van der Waals surface area contributed by atoms with Gasteiger partial charge in [0.05, 0.1) is 7.11 Å². The molecular weight excluding hydrogens is 182 g/mol. The van der Waals surface area contributed by atoms with Crippen molar-refractivity contribution >= 4 is 0 Å². The third-order valence-electron chi connectivity index (χ3n) is 2.11. The van der Waals surface area contributed by atoms with E-state index < -0.39 is 0 Å². The molecule has 0 radical (unpaired) electrons. The molecule has 0 fully saturated rings. The second kappa shape index (κ2) is 4.60. The van der Waals surface area contributed by atoms with Crippen LogP contribution in [-0.2, 0) is 0 Å². The summed E-state index contributed by atoms with van der Waals surface area (Å²) in [6.07, 6.45) is 0. The molecule has 0 heterocycles. The number of benzene rings is 1. The molecule has 0 bridgehead atoms. The summed E-state index contributed by atoms with van der Waals surface area (Å²) in [6, 6.07) is 7.33. The van der Waals surface area contributed by atoms with Gasteiger partial charge < -0.3 is 4.74 Å². The van der Waals surface area contributed by atoms with Crippen LogP contribution in [-0.4, -0.2) is 18.6 Å². The van der Waals surface area contributed by atoms with Crippen LogP contribution in [0.5, 0.6) is 5.75 Å². The third-order valence-corrected chi connectivity index (χ3v) is 2.11. The maximum absolute atomic E-state index is 10.3. The Kier molecular flexibility index (Phi) is 3.45. The van der Waals surface area contributed by atoms with Crippen LogP contribution in [0.15, 0.2) is 24.3 Å². The van der Waals surface area contributed by atoms with E-state index in [-0.39, 0.29) is 17.4 Å². The molecule has 0 spiro atoms. The molecule has 0 saturated heterocycles. The molecule has 0 saturated carbocycles. The van der Waals surface area contributed by atoms with Gasteiger partial charge in [0.2, 0.25) is 6.54 Å². The van der Waals surface area contributed by atoms with E-state index in [4.69, 9.17) is 4.74 Å². The van der Waals surface area contributed by atoms with Crippen LogP contribution in [0, 0.1) is 10.1 Å². The van der Waals surface area contributed by atoms with E-state index in [2.05, 4.69) is 0 Å². The zero-order valence-electron chi connectivity index (χ0n) is 8.27. The molecule has 0 aromatic heterocycles. The van der Waals surface area contributed by atoms with Gasteiger partial charge in [0, 0.05) is 10.8 Å². The van der Waals surface area contributed by atoms with Crippen molar-refractivity contribution in [2.45, 2.75) is 12.8 Å². The predicted molar refractivity (Wildman–Crippen MR) is 53.3 cm³/mol. The molecule has 0 unspecified atom stereocenters. The SMILES string of the molecule is COc1ccc([C@@H](C)C[N+](=O)[O-])cc1. The Hall–Kier alpha value is -1.58. The normalized spacial score (nSPS) is 12.1. The second-order valence-corrected chi connectivity index (χ2v) is 3.19. The highest BCUT2D eigenvalue weighted by Crippen LogP contribution is 2.18. The molecule has 0 aliphatic carbocycles. The summed E-state index contributed by atoms with van der Waals surface area (Å²) in [5.74, 6) is 0.706. The first kappa shape index (κ1) is 10.5. The van der Waals surface area contributed by atoms with Gasteiger partial charge in [0.25, 0.3) is 0 Å². The van der Waals surface area contributed by atoms with Crippen molar-refractivity contribution in [3.63, 3.8) is 0 Å². The molecule has 14 heavy (non-hydrogen) atoms. The van der Waals surface area contributed by atoms with E-state index in [1.54, 1.807) is 7.11 Å². The Balaban J connectivity index is 2.71. The van der Waals surface area contributed by atoms with E-state index in [1.807, 2.05) is 31.2 Å². The number of nitrogens with zero attached hydrogens (tertiary/aromatic N) is 1. The summed E-state index contributed by atoms with van der Waals surface area (Å²) < 4.78 is 5.00. The van der Waals surface area contributed by atoms with Crippen molar-refractivity contribution in [3.8, 4) is 5.75 Å². The highest BCUT2D eigenvalue weighted by molar-refractivity contribution is 5.29. The standard InChI is InChI=1S/C10H13NO3/c1-8(7-11(12)13)9-3-5-10(14-2)6-4-9/h3-6,8H,7H2,1-2H3/t8-/m0/s1. The Labute approximate surface area is 82.7 Å². The lowest BCUT2D eigenvalue weighted by Crippen LogP contribution is -2.09. The fourth-order valence-corrected chi connectivity index (χ4v) is 1.26. The highest BCUT2D eigenvalue weighted by Gasteiger charge is 2.11. The van der Waals surface area contributed by atoms with E-state index in [9.17, 15) is 10.1 Å². The lowest BCUT2D eigenvalue weighted by molar-refractivity contribution is -0.482. The van der Waals surface area contributed by atoms with Gasteiger partial charge in [-0.05, 0) is 17.7 Å². The van der Waals surface area contributed by atoms with E-state index in [1.165, 1.54) is 0 Å². The van der Waals surface area contributed by atoms with Crippen LogP contribution in [0.2, 0.25) is 0 Å². The summed E-state index contributed by atoms with van der Waals surface area (Å²) in [4.78, 5) is 9.99. The quantitative estimate of drug-likeness (QED) is 0.546. The summed E-state index contributed by atoms with van der Waals surface area (Å²) in [5, 5.41) is 10.3. The Bertz CT molecular complexity index is 308. The molecule has 1 aromatic rings. The smallest absolute Gasteiger partial charge is 0.210 e. The van der Waals surface area contributed by atoms with Gasteiger partial charge in [0.15, 0.2) is 0 Å². The number of ether oxygens (including phenoxy) is 1. The van der Waals surface area contributed by atoms with Gasteiger partial charge in [-0.1, -0.05) is 19.1 Å². The third kappa shape index (κ3) is 2.73. The molecule has 0 N–H and O–H groups in total. The minimum absolute atomic E-state index is 0.0354. The van der Waals surface area contributed by atoms with Crippen molar-refractivity contribution in [1.82, 2.24) is 0 Å². The molecule has 0 aliphatic heterocycles. The molecule has 76 valence electrons. The zero-order valence-corrected chi connectivity index (χ0v) is 8.27. The van der Waals surface area contributed by atoms with Crippen LogP contribution < -0.4 is 4.74 Å². The number of methoxy groups -OCH3 is 1. The molecule has 1 atom stereocenters. The minimum Gasteiger partial charge on any atom is -0.497 e. The van der Waals surface area contributed by atoms with Crippen molar-refractivity contribution in [2.75, 3.05) is 13.7 Å². The number of hydrogen-bond acceptors (Lipinski definition) is 3. The summed E-state index contributed by atoms with van der Waals surface area (Å²) >= 11 is 0. The van der Waals surface area contributed by atoms with E-state index in [0.29, 0.717) is 0 Å². The van der Waals surface area contributed by atoms with Gasteiger partial charge in [-0.3, -0.25) is 10.1 Å². The lowest BCUT2D eigenvalue weighted by atomic mass is 10.0. The van der Waals surface area contributed by atoms with Crippen molar-refractivity contribution < 1.29 is 9.66 Å². The number of rotatable bonds is 4. The highest BCUT2D eigenvalue weighted by atomic mass is 16.6. The first-order chi connectivity index (χ1) is 6.63. The van der Waals surface area contributed by atoms with Gasteiger partial charge in [0.1, 0.15) is 5.75 Å². The lowest BCUT2D eigenvalue weighted by Gasteiger charge is -2.07. The average molecular weight is 195 g/mol. The van der Waals surface area contributed by atoms with Crippen molar-refractivity contribution in [2.24, 2.45) is 0 Å². The van der Waals surface area contributed by atoms with Crippen molar-refractivity contribution in [1.29, 1.82) is 0 Å². The molecule has 1 aromatic carbocycles. The molecule has 1 rings (SSSR count). The molecule has 0 amide bonds. The molecule has 4 nitrogen and oxygen atoms in total. The maximum atomic E-state index is 10.3. The summed E-state index contributed by atoms with van der Waals surface area (Å²) in [7, 11) is 1.59. The summed E-state index contributed by atoms with van der Waals surface area (Å²) in [5.41, 5.74) is 0.961. The molecule has 4 heteroatoms. The number of nitro groups is 1. The Morgan fingerprint density at radius 3 is 2.43 bits per heavy atom. The first-order valence-electron chi connectivity index (χ1n) is 4.39. The average Bonchev–Trinajstić information content (AvgIpc) is 2.17. The topological polar surface area (TPSA) is 52.4 Å². The van der Waals surface area contributed by atoms with Crippen molar-refractivity contribution in [3.05, 3.63) is 39.9 Å². The Morgan fingerprint density at radius 1 is 1.43 bits per heavy atom. The summed E-state index contributed by atoms with van der Waals surface area (Å²) in [6.45, 7) is 1.80. The van der Waals surface area contributed by atoms with E-state index in [0.717, 1.165) is 11.3 Å². The largest absolute Gasteiger partial charge is 0.497 e. The van der Waals surface area contributed by atoms with E-state index >= 15 is 0 Å². The van der Waals surface area contributed by atoms with Gasteiger partial charge in [-0.15, -0.1) is 0 Å². The van der Waals surface area contributed by atoms with Gasteiger partial charge in [-0.2, -0.15) is 0 Å². The van der Waals surface area contributed by atoms with Gasteiger partial charge >= 0.3 is 0 Å². The van der Waals surface area contributed by atoms with Crippen LogP contribution >= 0.6 is 0 Å². The fourth-order valence-electron chi connectivity index (χ4n) is 1.26. The predicted octanol–water partition coefficient (Wildman–Crippen LogP) is 2.08.